The average molecular weight is 268 g/mol. The molecule has 0 saturated carbocycles. The van der Waals surface area contributed by atoms with Crippen LogP contribution in [0.15, 0.2) is 22.7 Å². The fraction of sp³-hybridized carbons (Fsp3) is 0.417. The molecule has 1 aliphatic heterocycles. The molecule has 0 N–H and O–H groups in total. The number of carbonyl (C=O) groups is 1. The molecule has 1 aromatic rings. The van der Waals surface area contributed by atoms with Crippen LogP contribution in [0.25, 0.3) is 0 Å². The highest BCUT2D eigenvalue weighted by molar-refractivity contribution is 9.10. The lowest BCUT2D eigenvalue weighted by atomic mass is 10.1. The van der Waals surface area contributed by atoms with Crippen LogP contribution in [0.4, 0.5) is 5.69 Å². The molecule has 2 rings (SSSR count). The molecular weight excluding hydrogens is 254 g/mol. The Balaban J connectivity index is 2.28. The highest BCUT2D eigenvalue weighted by Gasteiger charge is 2.14. The van der Waals surface area contributed by atoms with Gasteiger partial charge in [-0.2, -0.15) is 0 Å². The van der Waals surface area contributed by atoms with E-state index in [-0.39, 0.29) is 5.78 Å². The van der Waals surface area contributed by atoms with Crippen LogP contribution in [-0.2, 0) is 0 Å². The van der Waals surface area contributed by atoms with E-state index in [1.807, 2.05) is 18.2 Å². The second-order valence-corrected chi connectivity index (χ2v) is 4.77. The van der Waals surface area contributed by atoms with E-state index in [4.69, 9.17) is 0 Å². The normalized spacial score (nSPS) is 15.7. The minimum atomic E-state index is 0.106. The zero-order valence-corrected chi connectivity index (χ0v) is 10.4. The summed E-state index contributed by atoms with van der Waals surface area (Å²) in [6.07, 6.45) is 2.54. The number of hydrogen-bond acceptors (Lipinski definition) is 2. The van der Waals surface area contributed by atoms with Crippen molar-refractivity contribution in [3.05, 3.63) is 28.2 Å². The number of rotatable bonds is 2. The van der Waals surface area contributed by atoms with E-state index in [1.165, 1.54) is 18.5 Å². The van der Waals surface area contributed by atoms with E-state index in [2.05, 4.69) is 20.8 Å². The van der Waals surface area contributed by atoms with Crippen molar-refractivity contribution >= 4 is 27.4 Å². The smallest absolute Gasteiger partial charge is 0.160 e. The van der Waals surface area contributed by atoms with E-state index in [9.17, 15) is 4.79 Å². The summed E-state index contributed by atoms with van der Waals surface area (Å²) in [7, 11) is 0. The predicted molar refractivity (Wildman–Crippen MR) is 65.6 cm³/mol. The summed E-state index contributed by atoms with van der Waals surface area (Å²) in [4.78, 5) is 13.6. The molecule has 0 atom stereocenters. The maximum atomic E-state index is 11.3. The molecule has 80 valence electrons. The zero-order chi connectivity index (χ0) is 10.8. The third kappa shape index (κ3) is 2.23. The van der Waals surface area contributed by atoms with Crippen LogP contribution in [0.5, 0.6) is 0 Å². The minimum Gasteiger partial charge on any atom is -0.372 e. The topological polar surface area (TPSA) is 20.3 Å². The van der Waals surface area contributed by atoms with Gasteiger partial charge in [0.15, 0.2) is 5.78 Å². The summed E-state index contributed by atoms with van der Waals surface area (Å²) in [5.41, 5.74) is 1.97. The third-order valence-corrected chi connectivity index (χ3v) is 3.46. The number of Topliss-reactive ketones (excluding diaryl/α,β-unsaturated/α-hetero) is 1. The molecule has 1 fully saturated rings. The Bertz CT molecular complexity index is 383. The number of ketones is 1. The van der Waals surface area contributed by atoms with Gasteiger partial charge in [-0.15, -0.1) is 0 Å². The molecule has 0 aromatic heterocycles. The largest absolute Gasteiger partial charge is 0.372 e. The van der Waals surface area contributed by atoms with Crippen molar-refractivity contribution in [2.75, 3.05) is 18.0 Å². The fourth-order valence-electron chi connectivity index (χ4n) is 1.96. The van der Waals surface area contributed by atoms with Gasteiger partial charge in [-0.05, 0) is 53.9 Å². The lowest BCUT2D eigenvalue weighted by Crippen LogP contribution is -2.17. The summed E-state index contributed by atoms with van der Waals surface area (Å²) < 4.78 is 0.902. The summed E-state index contributed by atoms with van der Waals surface area (Å²) in [5, 5.41) is 0. The SMILES string of the molecule is CC(=O)c1ccc(N2CCCC2)cc1Br. The van der Waals surface area contributed by atoms with Crippen LogP contribution in [-0.4, -0.2) is 18.9 Å². The molecule has 0 bridgehead atoms. The summed E-state index contributed by atoms with van der Waals surface area (Å²) in [6, 6.07) is 5.98. The van der Waals surface area contributed by atoms with Crippen LogP contribution in [0.3, 0.4) is 0 Å². The van der Waals surface area contributed by atoms with Crippen molar-refractivity contribution in [3.8, 4) is 0 Å². The van der Waals surface area contributed by atoms with Crippen molar-refractivity contribution < 1.29 is 4.79 Å². The lowest BCUT2D eigenvalue weighted by Gasteiger charge is -2.18. The molecule has 0 radical (unpaired) electrons. The Morgan fingerprint density at radius 2 is 2.00 bits per heavy atom. The Morgan fingerprint density at radius 1 is 1.33 bits per heavy atom. The highest BCUT2D eigenvalue weighted by Crippen LogP contribution is 2.26. The van der Waals surface area contributed by atoms with Gasteiger partial charge < -0.3 is 4.90 Å². The molecule has 1 saturated heterocycles. The van der Waals surface area contributed by atoms with Crippen molar-refractivity contribution in [3.63, 3.8) is 0 Å². The van der Waals surface area contributed by atoms with E-state index >= 15 is 0 Å². The molecule has 15 heavy (non-hydrogen) atoms. The minimum absolute atomic E-state index is 0.106. The van der Waals surface area contributed by atoms with Crippen molar-refractivity contribution in [1.82, 2.24) is 0 Å². The van der Waals surface area contributed by atoms with Gasteiger partial charge in [-0.1, -0.05) is 0 Å². The van der Waals surface area contributed by atoms with Crippen LogP contribution >= 0.6 is 15.9 Å². The van der Waals surface area contributed by atoms with Crippen LogP contribution in [0.2, 0.25) is 0 Å². The third-order valence-electron chi connectivity index (χ3n) is 2.80. The molecule has 3 heteroatoms. The Labute approximate surface area is 98.4 Å². The van der Waals surface area contributed by atoms with E-state index < -0.39 is 0 Å². The number of hydrogen-bond donors (Lipinski definition) is 0. The first-order valence-electron chi connectivity index (χ1n) is 5.24. The van der Waals surface area contributed by atoms with E-state index in [1.54, 1.807) is 6.92 Å². The van der Waals surface area contributed by atoms with Crippen LogP contribution in [0, 0.1) is 0 Å². The number of halogens is 1. The Hall–Kier alpha value is -0.830. The van der Waals surface area contributed by atoms with Gasteiger partial charge in [0.05, 0.1) is 0 Å². The molecule has 2 nitrogen and oxygen atoms in total. The van der Waals surface area contributed by atoms with Crippen molar-refractivity contribution in [2.24, 2.45) is 0 Å². The molecule has 0 unspecified atom stereocenters. The first-order valence-corrected chi connectivity index (χ1v) is 6.03. The molecule has 0 amide bonds. The maximum Gasteiger partial charge on any atom is 0.160 e. The maximum absolute atomic E-state index is 11.3. The van der Waals surface area contributed by atoms with Crippen LogP contribution in [0.1, 0.15) is 30.1 Å². The molecular formula is C12H14BrNO. The predicted octanol–water partition coefficient (Wildman–Crippen LogP) is 3.25. The fourth-order valence-corrected chi connectivity index (χ4v) is 2.61. The Kier molecular flexibility index (Phi) is 3.10. The second kappa shape index (κ2) is 4.35. The Morgan fingerprint density at radius 3 is 2.53 bits per heavy atom. The van der Waals surface area contributed by atoms with Gasteiger partial charge in [-0.3, -0.25) is 4.79 Å². The standard InChI is InChI=1S/C12H14BrNO/c1-9(15)11-5-4-10(8-12(11)13)14-6-2-3-7-14/h4-5,8H,2-3,6-7H2,1H3. The molecule has 1 aliphatic rings. The number of nitrogens with zero attached hydrogens (tertiary/aromatic N) is 1. The van der Waals surface area contributed by atoms with Gasteiger partial charge >= 0.3 is 0 Å². The van der Waals surface area contributed by atoms with Gasteiger partial charge in [0.1, 0.15) is 0 Å². The molecule has 0 spiro atoms. The first kappa shape index (κ1) is 10.7. The van der Waals surface area contributed by atoms with Crippen molar-refractivity contribution in [1.29, 1.82) is 0 Å². The van der Waals surface area contributed by atoms with Crippen molar-refractivity contribution in [2.45, 2.75) is 19.8 Å². The summed E-state index contributed by atoms with van der Waals surface area (Å²) in [5.74, 6) is 0.106. The van der Waals surface area contributed by atoms with Gasteiger partial charge in [0, 0.05) is 28.8 Å². The van der Waals surface area contributed by atoms with E-state index in [0.29, 0.717) is 0 Å². The molecule has 1 aromatic carbocycles. The van der Waals surface area contributed by atoms with Gasteiger partial charge in [0.2, 0.25) is 0 Å². The summed E-state index contributed by atoms with van der Waals surface area (Å²) >= 11 is 3.45. The second-order valence-electron chi connectivity index (χ2n) is 3.91. The van der Waals surface area contributed by atoms with Crippen LogP contribution < -0.4 is 4.90 Å². The van der Waals surface area contributed by atoms with E-state index in [0.717, 1.165) is 23.1 Å². The summed E-state index contributed by atoms with van der Waals surface area (Å²) in [6.45, 7) is 3.85. The quantitative estimate of drug-likeness (QED) is 0.767. The molecule has 0 aliphatic carbocycles. The zero-order valence-electron chi connectivity index (χ0n) is 8.79. The number of carbonyl (C=O) groups excluding carboxylic acids is 1. The average Bonchev–Trinajstić information content (AvgIpc) is 2.69. The number of benzene rings is 1. The van der Waals surface area contributed by atoms with Gasteiger partial charge in [-0.25, -0.2) is 0 Å². The highest BCUT2D eigenvalue weighted by atomic mass is 79.9. The monoisotopic (exact) mass is 267 g/mol. The van der Waals surface area contributed by atoms with Gasteiger partial charge in [0.25, 0.3) is 0 Å². The lowest BCUT2D eigenvalue weighted by molar-refractivity contribution is 0.101. The molecule has 1 heterocycles. The first-order chi connectivity index (χ1) is 7.18. The number of anilines is 1.